The second-order valence-electron chi connectivity index (χ2n) is 7.82. The third-order valence-corrected chi connectivity index (χ3v) is 4.79. The number of imidazole rings is 1. The van der Waals surface area contributed by atoms with Gasteiger partial charge >= 0.3 is 0 Å². The van der Waals surface area contributed by atoms with Crippen LogP contribution < -0.4 is 10.6 Å². The van der Waals surface area contributed by atoms with Crippen LogP contribution in [0.2, 0.25) is 0 Å². The number of carbonyl (C=O) groups excluding carboxylic acids is 1. The van der Waals surface area contributed by atoms with Crippen LogP contribution in [0.25, 0.3) is 17.0 Å². The van der Waals surface area contributed by atoms with Crippen molar-refractivity contribution in [3.8, 4) is 17.5 Å². The van der Waals surface area contributed by atoms with Gasteiger partial charge in [-0.1, -0.05) is 0 Å². The van der Waals surface area contributed by atoms with Gasteiger partial charge in [-0.05, 0) is 19.9 Å². The summed E-state index contributed by atoms with van der Waals surface area (Å²) in [4.78, 5) is 21.1. The lowest BCUT2D eigenvalue weighted by Gasteiger charge is -2.22. The van der Waals surface area contributed by atoms with Crippen LogP contribution in [0.15, 0.2) is 30.7 Å². The molecule has 0 radical (unpaired) electrons. The van der Waals surface area contributed by atoms with Crippen molar-refractivity contribution in [3.63, 3.8) is 0 Å². The van der Waals surface area contributed by atoms with Gasteiger partial charge in [0.05, 0.1) is 47.0 Å². The van der Waals surface area contributed by atoms with Gasteiger partial charge in [-0.15, -0.1) is 0 Å². The number of nitrogens with zero attached hydrogens (tertiary/aromatic N) is 5. The summed E-state index contributed by atoms with van der Waals surface area (Å²) in [7, 11) is 0. The predicted octanol–water partition coefficient (Wildman–Crippen LogP) is 2.57. The number of anilines is 1. The fourth-order valence-electron chi connectivity index (χ4n) is 2.88. The van der Waals surface area contributed by atoms with Gasteiger partial charge in [-0.2, -0.15) is 10.4 Å². The molecule has 0 saturated heterocycles. The monoisotopic (exact) mass is 461 g/mol. The van der Waals surface area contributed by atoms with Gasteiger partial charge in [0.2, 0.25) is 6.43 Å². The van der Waals surface area contributed by atoms with E-state index < -0.39 is 37.1 Å². The molecule has 3 aromatic rings. The van der Waals surface area contributed by atoms with Gasteiger partial charge in [0.15, 0.2) is 5.65 Å². The molecule has 1 unspecified atom stereocenters. The molecule has 0 saturated carbocycles. The summed E-state index contributed by atoms with van der Waals surface area (Å²) in [5.74, 6) is -0.685. The fourth-order valence-corrected chi connectivity index (χ4v) is 2.88. The zero-order chi connectivity index (χ0) is 24.2. The Balaban J connectivity index is 1.91. The molecule has 9 nitrogen and oxygen atoms in total. The highest BCUT2D eigenvalue weighted by atomic mass is 19.3. The molecule has 174 valence electrons. The molecule has 0 aliphatic heterocycles. The smallest absolute Gasteiger partial charge is 0.255 e. The summed E-state index contributed by atoms with van der Waals surface area (Å²) in [6, 6.07) is 4.99. The quantitative estimate of drug-likeness (QED) is 0.447. The van der Waals surface area contributed by atoms with E-state index in [1.807, 2.05) is 6.07 Å². The van der Waals surface area contributed by atoms with Crippen molar-refractivity contribution in [2.45, 2.75) is 38.5 Å². The minimum absolute atomic E-state index is 0.0181. The fraction of sp³-hybridized carbons (Fsp3) is 0.381. The molecule has 3 N–H and O–H groups in total. The van der Waals surface area contributed by atoms with E-state index in [9.17, 15) is 23.1 Å². The molecule has 12 heteroatoms. The van der Waals surface area contributed by atoms with E-state index in [0.717, 1.165) is 0 Å². The normalized spacial score (nSPS) is 12.5. The second-order valence-corrected chi connectivity index (χ2v) is 7.82. The Labute approximate surface area is 187 Å². The number of amides is 1. The minimum atomic E-state index is -2.53. The lowest BCUT2D eigenvalue weighted by atomic mass is 10.0. The van der Waals surface area contributed by atoms with Gasteiger partial charge in [0.25, 0.3) is 5.91 Å². The highest BCUT2D eigenvalue weighted by Crippen LogP contribution is 2.25. The molecule has 0 spiro atoms. The predicted molar refractivity (Wildman–Crippen MR) is 114 cm³/mol. The lowest BCUT2D eigenvalue weighted by Crippen LogP contribution is -2.42. The maximum absolute atomic E-state index is 14.0. The van der Waals surface area contributed by atoms with Crippen molar-refractivity contribution in [3.05, 3.63) is 41.9 Å². The van der Waals surface area contributed by atoms with Crippen molar-refractivity contribution in [2.24, 2.45) is 0 Å². The molecule has 3 heterocycles. The molecular formula is C21H22F3N7O2. The van der Waals surface area contributed by atoms with Gasteiger partial charge in [-0.3, -0.25) is 9.78 Å². The highest BCUT2D eigenvalue weighted by molar-refractivity contribution is 5.99. The molecule has 1 atom stereocenters. The van der Waals surface area contributed by atoms with Gasteiger partial charge in [0.1, 0.15) is 17.9 Å². The van der Waals surface area contributed by atoms with Crippen LogP contribution in [-0.2, 0) is 0 Å². The molecule has 0 aromatic carbocycles. The van der Waals surface area contributed by atoms with Gasteiger partial charge in [0, 0.05) is 25.2 Å². The standard InChI is InChI=1S/C21H22F3N7O2/c1-21(2,33)17(22)11-29-20(32)13-9-27-15(6-14(13)26-4-3-18(23)24)16-10-28-19-5-12(7-25)8-30-31(16)19/h5-6,8-10,17-18,33H,3-4,11H2,1-2H3,(H,26,27)(H,29,32). The maximum atomic E-state index is 14.0. The number of nitriles is 1. The molecule has 1 amide bonds. The van der Waals surface area contributed by atoms with Gasteiger partial charge < -0.3 is 15.7 Å². The zero-order valence-corrected chi connectivity index (χ0v) is 17.9. The summed E-state index contributed by atoms with van der Waals surface area (Å²) >= 11 is 0. The molecular weight excluding hydrogens is 439 g/mol. The highest BCUT2D eigenvalue weighted by Gasteiger charge is 2.27. The second kappa shape index (κ2) is 9.83. The number of fused-ring (bicyclic) bond motifs is 1. The van der Waals surface area contributed by atoms with E-state index >= 15 is 0 Å². The largest absolute Gasteiger partial charge is 0.387 e. The van der Waals surface area contributed by atoms with Crippen LogP contribution in [0.1, 0.15) is 36.2 Å². The third kappa shape index (κ3) is 5.75. The average Bonchev–Trinajstić information content (AvgIpc) is 3.19. The van der Waals surface area contributed by atoms with Crippen LogP contribution in [0.3, 0.4) is 0 Å². The number of carbonyl (C=O) groups is 1. The number of hydrogen-bond donors (Lipinski definition) is 3. The number of nitrogens with one attached hydrogen (secondary N) is 2. The molecule has 0 fully saturated rings. The SMILES string of the molecule is CC(C)(O)C(F)CNC(=O)c1cnc(-c2cnc3cc(C#N)cnn23)cc1NCCC(F)F. The summed E-state index contributed by atoms with van der Waals surface area (Å²) in [5, 5.41) is 28.0. The van der Waals surface area contributed by atoms with E-state index in [1.54, 1.807) is 0 Å². The first-order chi connectivity index (χ1) is 15.6. The Kier molecular flexibility index (Phi) is 7.13. The first kappa shape index (κ1) is 23.9. The van der Waals surface area contributed by atoms with Crippen molar-refractivity contribution in [1.29, 1.82) is 5.26 Å². The molecule has 0 aliphatic rings. The van der Waals surface area contributed by atoms with Crippen molar-refractivity contribution in [2.75, 3.05) is 18.4 Å². The molecule has 0 bridgehead atoms. The van der Waals surface area contributed by atoms with Crippen molar-refractivity contribution < 1.29 is 23.1 Å². The van der Waals surface area contributed by atoms with Crippen LogP contribution in [0, 0.1) is 11.3 Å². The number of rotatable bonds is 9. The zero-order valence-electron chi connectivity index (χ0n) is 17.9. The van der Waals surface area contributed by atoms with Gasteiger partial charge in [-0.25, -0.2) is 22.7 Å². The number of hydrogen-bond acceptors (Lipinski definition) is 7. The topological polar surface area (TPSA) is 128 Å². The van der Waals surface area contributed by atoms with E-state index in [0.29, 0.717) is 22.6 Å². The molecule has 3 aromatic heterocycles. The van der Waals surface area contributed by atoms with Crippen LogP contribution >= 0.6 is 0 Å². The number of aliphatic hydroxyl groups is 1. The van der Waals surface area contributed by atoms with Crippen molar-refractivity contribution in [1.82, 2.24) is 24.9 Å². The Bertz CT molecular complexity index is 1180. The van der Waals surface area contributed by atoms with E-state index in [-0.39, 0.29) is 17.8 Å². The lowest BCUT2D eigenvalue weighted by molar-refractivity contribution is -0.00177. The minimum Gasteiger partial charge on any atom is -0.387 e. The van der Waals surface area contributed by atoms with E-state index in [4.69, 9.17) is 5.26 Å². The van der Waals surface area contributed by atoms with Crippen LogP contribution in [-0.4, -0.2) is 61.9 Å². The number of aromatic nitrogens is 4. The Morgan fingerprint density at radius 3 is 2.67 bits per heavy atom. The molecule has 3 rings (SSSR count). The summed E-state index contributed by atoms with van der Waals surface area (Å²) < 4.78 is 40.7. The Morgan fingerprint density at radius 2 is 2.00 bits per heavy atom. The Morgan fingerprint density at radius 1 is 1.24 bits per heavy atom. The number of halogens is 3. The van der Waals surface area contributed by atoms with Crippen LogP contribution in [0.4, 0.5) is 18.9 Å². The summed E-state index contributed by atoms with van der Waals surface area (Å²) in [6.45, 7) is 1.99. The number of alkyl halides is 3. The molecule has 33 heavy (non-hydrogen) atoms. The van der Waals surface area contributed by atoms with Crippen molar-refractivity contribution >= 4 is 17.2 Å². The molecule has 0 aliphatic carbocycles. The summed E-state index contributed by atoms with van der Waals surface area (Å²) in [5.41, 5.74) is 0.103. The van der Waals surface area contributed by atoms with E-state index in [1.165, 1.54) is 49.1 Å². The maximum Gasteiger partial charge on any atom is 0.255 e. The summed E-state index contributed by atoms with van der Waals surface area (Å²) in [6.07, 6.45) is -0.629. The number of pyridine rings is 1. The first-order valence-corrected chi connectivity index (χ1v) is 10.0. The Hall–Kier alpha value is -3.72. The average molecular weight is 461 g/mol. The van der Waals surface area contributed by atoms with E-state index in [2.05, 4.69) is 25.7 Å². The first-order valence-electron chi connectivity index (χ1n) is 10.0. The van der Waals surface area contributed by atoms with Crippen LogP contribution in [0.5, 0.6) is 0 Å². The third-order valence-electron chi connectivity index (χ3n) is 4.79.